The number of nitrogens with one attached hydrogen (secondary N) is 2. The van der Waals surface area contributed by atoms with Crippen LogP contribution < -0.4 is 22.1 Å². The lowest BCUT2D eigenvalue weighted by Crippen LogP contribution is -2.52. The quantitative estimate of drug-likeness (QED) is 0.238. The highest BCUT2D eigenvalue weighted by Gasteiger charge is 2.29. The molecular formula is C12H20N6O7. The molecule has 1 aromatic heterocycles. The van der Waals surface area contributed by atoms with Gasteiger partial charge in [0.25, 0.3) is 0 Å². The smallest absolute Gasteiger partial charge is 0.328 e. The maximum atomic E-state index is 11.9. The van der Waals surface area contributed by atoms with Gasteiger partial charge in [0, 0.05) is 0 Å². The molecule has 0 aliphatic heterocycles. The first kappa shape index (κ1) is 20.3. The van der Waals surface area contributed by atoms with Gasteiger partial charge in [-0.25, -0.2) is 9.59 Å². The lowest BCUT2D eigenvalue weighted by Gasteiger charge is -2.19. The molecule has 13 heteroatoms. The predicted molar refractivity (Wildman–Crippen MR) is 79.6 cm³/mol. The van der Waals surface area contributed by atoms with Crippen molar-refractivity contribution >= 4 is 17.9 Å². The number of aromatic nitrogens is 2. The number of hydrogen-bond acceptors (Lipinski definition) is 9. The maximum Gasteiger partial charge on any atom is 0.328 e. The average molecular weight is 360 g/mol. The normalized spacial score (nSPS) is 15.7. The van der Waals surface area contributed by atoms with Crippen molar-refractivity contribution in [2.75, 3.05) is 6.61 Å². The fraction of sp³-hybridized carbons (Fsp3) is 0.583. The summed E-state index contributed by atoms with van der Waals surface area (Å²) in [6, 6.07) is -4.67. The summed E-state index contributed by atoms with van der Waals surface area (Å²) in [6.45, 7) is 0.725. The Labute approximate surface area is 141 Å². The van der Waals surface area contributed by atoms with Crippen LogP contribution in [-0.4, -0.2) is 62.1 Å². The number of amides is 3. The summed E-state index contributed by atoms with van der Waals surface area (Å²) >= 11 is 0. The molecule has 25 heavy (non-hydrogen) atoms. The number of carboxylic acids is 1. The molecule has 1 rings (SSSR count). The molecule has 0 spiro atoms. The molecule has 0 radical (unpaired) electrons. The summed E-state index contributed by atoms with van der Waals surface area (Å²) in [5, 5.41) is 35.0. The zero-order valence-corrected chi connectivity index (χ0v) is 13.2. The van der Waals surface area contributed by atoms with Gasteiger partial charge in [-0.05, 0) is 6.92 Å². The summed E-state index contributed by atoms with van der Waals surface area (Å²) in [7, 11) is 0. The number of aliphatic hydroxyl groups excluding tert-OH is 2. The fourth-order valence-corrected chi connectivity index (χ4v) is 1.75. The van der Waals surface area contributed by atoms with E-state index in [4.69, 9.17) is 26.2 Å². The molecule has 1 aromatic rings. The molecule has 0 saturated heterocycles. The van der Waals surface area contributed by atoms with Gasteiger partial charge in [-0.2, -0.15) is 4.98 Å². The number of nitrogens with two attached hydrogens (primary N) is 2. The van der Waals surface area contributed by atoms with E-state index in [1.165, 1.54) is 6.92 Å². The molecule has 1 unspecified atom stereocenters. The summed E-state index contributed by atoms with van der Waals surface area (Å²) in [5.41, 5.74) is 10.6. The van der Waals surface area contributed by atoms with Crippen molar-refractivity contribution < 1.29 is 34.2 Å². The predicted octanol–water partition coefficient (Wildman–Crippen LogP) is -2.89. The highest BCUT2D eigenvalue weighted by atomic mass is 16.5. The first-order chi connectivity index (χ1) is 11.6. The van der Waals surface area contributed by atoms with Crippen LogP contribution in [0.3, 0.4) is 0 Å². The number of carbonyl (C=O) groups excluding carboxylic acids is 2. The van der Waals surface area contributed by atoms with E-state index in [1.54, 1.807) is 0 Å². The minimum absolute atomic E-state index is 0.0541. The first-order valence-electron chi connectivity index (χ1n) is 7.11. The SMILES string of the molecule is C[C@H](O)C(NC(=O)N[C@H](CC(N)=O)c1nc([C@H](N)CO)no1)C(=O)O. The molecule has 140 valence electrons. The fourth-order valence-electron chi connectivity index (χ4n) is 1.75. The Hall–Kier alpha value is -2.77. The topological polar surface area (TPSA) is 227 Å². The van der Waals surface area contributed by atoms with Crippen LogP contribution in [-0.2, 0) is 9.59 Å². The zero-order valence-electron chi connectivity index (χ0n) is 13.2. The highest BCUT2D eigenvalue weighted by Crippen LogP contribution is 2.16. The number of primary amides is 1. The van der Waals surface area contributed by atoms with Gasteiger partial charge in [0.05, 0.1) is 25.2 Å². The minimum atomic E-state index is -1.57. The molecule has 4 atom stereocenters. The molecule has 0 aromatic carbocycles. The zero-order chi connectivity index (χ0) is 19.1. The number of aliphatic hydroxyl groups is 2. The molecule has 9 N–H and O–H groups in total. The maximum absolute atomic E-state index is 11.9. The summed E-state index contributed by atoms with van der Waals surface area (Å²) in [5.74, 6) is -2.52. The minimum Gasteiger partial charge on any atom is -0.480 e. The number of aliphatic carboxylic acids is 1. The van der Waals surface area contributed by atoms with E-state index in [9.17, 15) is 19.5 Å². The van der Waals surface area contributed by atoms with Crippen molar-refractivity contribution in [3.05, 3.63) is 11.7 Å². The molecule has 3 amide bonds. The van der Waals surface area contributed by atoms with Crippen molar-refractivity contribution in [3.8, 4) is 0 Å². The summed E-state index contributed by atoms with van der Waals surface area (Å²) in [4.78, 5) is 37.9. The molecule has 0 aliphatic rings. The molecule has 0 saturated carbocycles. The van der Waals surface area contributed by atoms with Crippen molar-refractivity contribution in [2.45, 2.75) is 37.6 Å². The Morgan fingerprint density at radius 1 is 1.32 bits per heavy atom. The van der Waals surface area contributed by atoms with Crippen LogP contribution in [0.2, 0.25) is 0 Å². The average Bonchev–Trinajstić information content (AvgIpc) is 3.00. The van der Waals surface area contributed by atoms with Gasteiger partial charge < -0.3 is 41.9 Å². The second-order valence-corrected chi connectivity index (χ2v) is 5.18. The number of rotatable bonds is 9. The van der Waals surface area contributed by atoms with E-state index < -0.39 is 55.2 Å². The molecule has 1 heterocycles. The Morgan fingerprint density at radius 3 is 2.44 bits per heavy atom. The van der Waals surface area contributed by atoms with E-state index in [0.29, 0.717) is 0 Å². The lowest BCUT2D eigenvalue weighted by atomic mass is 10.2. The van der Waals surface area contributed by atoms with Crippen LogP contribution in [0.25, 0.3) is 0 Å². The van der Waals surface area contributed by atoms with E-state index >= 15 is 0 Å². The summed E-state index contributed by atoms with van der Waals surface area (Å²) < 4.78 is 4.88. The van der Waals surface area contributed by atoms with Crippen molar-refractivity contribution in [2.24, 2.45) is 11.5 Å². The molecule has 0 fully saturated rings. The molecular weight excluding hydrogens is 340 g/mol. The standard InChI is InChI=1S/C12H20N6O7/c1-4(20)8(11(22)23)16-12(24)15-6(2-7(14)21)10-17-9(18-25-10)5(13)3-19/h4-6,8,19-20H,2-3,13H2,1H3,(H2,14,21)(H,22,23)(H2,15,16,24)/t4-,5+,6+,8?/m0/s1. The van der Waals surface area contributed by atoms with Crippen molar-refractivity contribution in [1.29, 1.82) is 0 Å². The van der Waals surface area contributed by atoms with Crippen LogP contribution in [0, 0.1) is 0 Å². The van der Waals surface area contributed by atoms with Crippen molar-refractivity contribution in [3.63, 3.8) is 0 Å². The number of carbonyl (C=O) groups is 3. The van der Waals surface area contributed by atoms with Gasteiger partial charge in [-0.15, -0.1) is 0 Å². The second-order valence-electron chi connectivity index (χ2n) is 5.18. The monoisotopic (exact) mass is 360 g/mol. The van der Waals surface area contributed by atoms with Crippen LogP contribution in [0.1, 0.15) is 37.1 Å². The Kier molecular flexibility index (Phi) is 7.22. The van der Waals surface area contributed by atoms with Gasteiger partial charge in [-0.1, -0.05) is 5.16 Å². The van der Waals surface area contributed by atoms with Gasteiger partial charge in [-0.3, -0.25) is 4.79 Å². The Morgan fingerprint density at radius 2 is 1.96 bits per heavy atom. The number of hydrogen-bond donors (Lipinski definition) is 7. The Balaban J connectivity index is 2.89. The van der Waals surface area contributed by atoms with Crippen molar-refractivity contribution in [1.82, 2.24) is 20.8 Å². The third kappa shape index (κ3) is 5.98. The first-order valence-corrected chi connectivity index (χ1v) is 7.11. The Bertz CT molecular complexity index is 619. The molecule has 13 nitrogen and oxygen atoms in total. The van der Waals surface area contributed by atoms with Crippen LogP contribution in [0.4, 0.5) is 4.79 Å². The number of nitrogens with zero attached hydrogens (tertiary/aromatic N) is 2. The van der Waals surface area contributed by atoms with Crippen LogP contribution in [0.15, 0.2) is 4.52 Å². The largest absolute Gasteiger partial charge is 0.480 e. The van der Waals surface area contributed by atoms with E-state index in [0.717, 1.165) is 0 Å². The summed E-state index contributed by atoms with van der Waals surface area (Å²) in [6.07, 6.45) is -1.79. The lowest BCUT2D eigenvalue weighted by molar-refractivity contribution is -0.141. The third-order valence-electron chi connectivity index (χ3n) is 3.03. The van der Waals surface area contributed by atoms with Crippen LogP contribution >= 0.6 is 0 Å². The van der Waals surface area contributed by atoms with E-state index in [1.807, 2.05) is 5.32 Å². The van der Waals surface area contributed by atoms with Gasteiger partial charge in [0.1, 0.15) is 6.04 Å². The van der Waals surface area contributed by atoms with Crippen LogP contribution in [0.5, 0.6) is 0 Å². The second kappa shape index (κ2) is 8.91. The number of carboxylic acid groups (broad SMARTS) is 1. The molecule has 0 aliphatic carbocycles. The van der Waals surface area contributed by atoms with Gasteiger partial charge in [0.15, 0.2) is 11.9 Å². The molecule has 0 bridgehead atoms. The highest BCUT2D eigenvalue weighted by molar-refractivity contribution is 5.83. The van der Waals surface area contributed by atoms with Gasteiger partial charge in [0.2, 0.25) is 11.8 Å². The van der Waals surface area contributed by atoms with E-state index in [-0.39, 0.29) is 11.7 Å². The van der Waals surface area contributed by atoms with E-state index in [2.05, 4.69) is 15.5 Å². The van der Waals surface area contributed by atoms with Gasteiger partial charge >= 0.3 is 12.0 Å². The number of urea groups is 1. The third-order valence-corrected chi connectivity index (χ3v) is 3.03.